The number of carbonyl (C=O) groups is 1. The van der Waals surface area contributed by atoms with Crippen molar-refractivity contribution < 1.29 is 22.4 Å². The standard InChI is InChI=1S/C20H15F4N3O/c21-15-5-1-13(2-6-15)12-26-19(28)18-11-17(9-10-25-18)27-16-7-3-14(4-8-16)20(22,23)24/h1-11H,12H2,(H,25,27)(H,26,28). The fourth-order valence-electron chi connectivity index (χ4n) is 2.42. The molecule has 0 aliphatic rings. The molecule has 1 heterocycles. The number of nitrogens with one attached hydrogen (secondary N) is 2. The third-order valence-corrected chi connectivity index (χ3v) is 3.86. The Morgan fingerprint density at radius 1 is 0.929 bits per heavy atom. The van der Waals surface area contributed by atoms with E-state index in [0.717, 1.165) is 17.7 Å². The molecule has 0 saturated carbocycles. The Kier molecular flexibility index (Phi) is 5.58. The predicted octanol–water partition coefficient (Wildman–Crippen LogP) is 4.91. The van der Waals surface area contributed by atoms with Gasteiger partial charge in [0.15, 0.2) is 0 Å². The molecule has 1 aromatic heterocycles. The van der Waals surface area contributed by atoms with Crippen molar-refractivity contribution >= 4 is 17.3 Å². The van der Waals surface area contributed by atoms with E-state index in [0.29, 0.717) is 11.4 Å². The van der Waals surface area contributed by atoms with Crippen molar-refractivity contribution in [3.63, 3.8) is 0 Å². The lowest BCUT2D eigenvalue weighted by Gasteiger charge is -2.10. The minimum absolute atomic E-state index is 0.138. The smallest absolute Gasteiger partial charge is 0.355 e. The number of hydrogen-bond donors (Lipinski definition) is 2. The van der Waals surface area contributed by atoms with E-state index in [2.05, 4.69) is 15.6 Å². The van der Waals surface area contributed by atoms with Crippen LogP contribution in [0.2, 0.25) is 0 Å². The molecule has 0 radical (unpaired) electrons. The van der Waals surface area contributed by atoms with E-state index in [1.807, 2.05) is 0 Å². The van der Waals surface area contributed by atoms with E-state index in [9.17, 15) is 22.4 Å². The number of aromatic nitrogens is 1. The molecule has 0 bridgehead atoms. The highest BCUT2D eigenvalue weighted by atomic mass is 19.4. The summed E-state index contributed by atoms with van der Waals surface area (Å²) in [5.41, 5.74) is 1.07. The molecule has 0 unspecified atom stereocenters. The van der Waals surface area contributed by atoms with Gasteiger partial charge in [-0.05, 0) is 54.1 Å². The minimum Gasteiger partial charge on any atom is -0.355 e. The summed E-state index contributed by atoms with van der Waals surface area (Å²) in [6.07, 6.45) is -2.98. The Balaban J connectivity index is 1.64. The molecule has 3 rings (SSSR count). The monoisotopic (exact) mass is 389 g/mol. The molecule has 4 nitrogen and oxygen atoms in total. The van der Waals surface area contributed by atoms with Gasteiger partial charge in [-0.1, -0.05) is 12.1 Å². The summed E-state index contributed by atoms with van der Waals surface area (Å²) in [7, 11) is 0. The number of carbonyl (C=O) groups excluding carboxylic acids is 1. The van der Waals surface area contributed by atoms with Crippen molar-refractivity contribution in [1.29, 1.82) is 0 Å². The van der Waals surface area contributed by atoms with Gasteiger partial charge in [-0.3, -0.25) is 9.78 Å². The third kappa shape index (κ3) is 5.06. The number of amides is 1. The molecule has 2 N–H and O–H groups in total. The molecule has 0 saturated heterocycles. The summed E-state index contributed by atoms with van der Waals surface area (Å²) in [6, 6.07) is 13.3. The molecule has 28 heavy (non-hydrogen) atoms. The van der Waals surface area contributed by atoms with E-state index in [1.54, 1.807) is 18.2 Å². The van der Waals surface area contributed by atoms with Gasteiger partial charge in [0, 0.05) is 24.1 Å². The first-order valence-corrected chi connectivity index (χ1v) is 8.24. The second-order valence-corrected chi connectivity index (χ2v) is 5.94. The number of benzene rings is 2. The molecule has 0 fully saturated rings. The molecule has 3 aromatic rings. The quantitative estimate of drug-likeness (QED) is 0.610. The zero-order valence-corrected chi connectivity index (χ0v) is 14.4. The summed E-state index contributed by atoms with van der Waals surface area (Å²) in [4.78, 5) is 16.2. The zero-order chi connectivity index (χ0) is 20.1. The van der Waals surface area contributed by atoms with Gasteiger partial charge in [0.25, 0.3) is 5.91 Å². The second-order valence-electron chi connectivity index (χ2n) is 5.94. The number of anilines is 2. The third-order valence-electron chi connectivity index (χ3n) is 3.86. The Morgan fingerprint density at radius 2 is 1.61 bits per heavy atom. The molecule has 8 heteroatoms. The van der Waals surface area contributed by atoms with Crippen molar-refractivity contribution in [2.75, 3.05) is 5.32 Å². The van der Waals surface area contributed by atoms with Crippen molar-refractivity contribution in [3.05, 3.63) is 89.5 Å². The van der Waals surface area contributed by atoms with Crippen molar-refractivity contribution in [3.8, 4) is 0 Å². The van der Waals surface area contributed by atoms with Gasteiger partial charge in [0.2, 0.25) is 0 Å². The Morgan fingerprint density at radius 3 is 2.25 bits per heavy atom. The van der Waals surface area contributed by atoms with E-state index >= 15 is 0 Å². The van der Waals surface area contributed by atoms with Crippen LogP contribution in [0.4, 0.5) is 28.9 Å². The average molecular weight is 389 g/mol. The maximum atomic E-state index is 12.9. The number of nitrogens with zero attached hydrogens (tertiary/aromatic N) is 1. The van der Waals surface area contributed by atoms with Gasteiger partial charge >= 0.3 is 6.18 Å². The summed E-state index contributed by atoms with van der Waals surface area (Å²) >= 11 is 0. The molecule has 144 valence electrons. The largest absolute Gasteiger partial charge is 0.416 e. The van der Waals surface area contributed by atoms with Gasteiger partial charge in [-0.25, -0.2) is 4.39 Å². The maximum Gasteiger partial charge on any atom is 0.416 e. The Bertz CT molecular complexity index is 954. The highest BCUT2D eigenvalue weighted by Crippen LogP contribution is 2.30. The summed E-state index contributed by atoms with van der Waals surface area (Å²) in [5.74, 6) is -0.792. The van der Waals surface area contributed by atoms with Crippen LogP contribution in [0, 0.1) is 5.82 Å². The molecule has 1 amide bonds. The number of halogens is 4. The summed E-state index contributed by atoms with van der Waals surface area (Å²) in [5, 5.41) is 5.60. The van der Waals surface area contributed by atoms with Crippen LogP contribution in [-0.4, -0.2) is 10.9 Å². The zero-order valence-electron chi connectivity index (χ0n) is 14.4. The first kappa shape index (κ1) is 19.3. The van der Waals surface area contributed by atoms with Gasteiger partial charge in [-0.15, -0.1) is 0 Å². The Labute approximate surface area is 158 Å². The lowest BCUT2D eigenvalue weighted by Crippen LogP contribution is -2.23. The number of rotatable bonds is 5. The van der Waals surface area contributed by atoms with Gasteiger partial charge in [-0.2, -0.15) is 13.2 Å². The van der Waals surface area contributed by atoms with Gasteiger partial charge in [0.1, 0.15) is 11.5 Å². The molecule has 0 aliphatic carbocycles. The maximum absolute atomic E-state index is 12.9. The summed E-state index contributed by atoms with van der Waals surface area (Å²) in [6.45, 7) is 0.206. The molecule has 2 aromatic carbocycles. The van der Waals surface area contributed by atoms with Gasteiger partial charge in [0.05, 0.1) is 5.56 Å². The first-order chi connectivity index (χ1) is 13.3. The van der Waals surface area contributed by atoms with Crippen LogP contribution >= 0.6 is 0 Å². The minimum atomic E-state index is -4.40. The lowest BCUT2D eigenvalue weighted by atomic mass is 10.2. The summed E-state index contributed by atoms with van der Waals surface area (Å²) < 4.78 is 50.7. The molecular weight excluding hydrogens is 374 g/mol. The van der Waals surface area contributed by atoms with Crippen LogP contribution in [0.5, 0.6) is 0 Å². The highest BCUT2D eigenvalue weighted by Gasteiger charge is 2.29. The van der Waals surface area contributed by atoms with Crippen molar-refractivity contribution in [1.82, 2.24) is 10.3 Å². The van der Waals surface area contributed by atoms with E-state index in [-0.39, 0.29) is 18.1 Å². The van der Waals surface area contributed by atoms with Crippen LogP contribution in [0.1, 0.15) is 21.6 Å². The van der Waals surface area contributed by atoms with Crippen molar-refractivity contribution in [2.24, 2.45) is 0 Å². The molecule has 0 aliphatic heterocycles. The van der Waals surface area contributed by atoms with E-state index in [1.165, 1.54) is 36.5 Å². The normalized spacial score (nSPS) is 11.1. The number of pyridine rings is 1. The van der Waals surface area contributed by atoms with E-state index < -0.39 is 17.6 Å². The van der Waals surface area contributed by atoms with Crippen LogP contribution in [0.25, 0.3) is 0 Å². The topological polar surface area (TPSA) is 54.0 Å². The number of hydrogen-bond acceptors (Lipinski definition) is 3. The second kappa shape index (κ2) is 8.08. The number of alkyl halides is 3. The predicted molar refractivity (Wildman–Crippen MR) is 96.5 cm³/mol. The Hall–Kier alpha value is -3.42. The lowest BCUT2D eigenvalue weighted by molar-refractivity contribution is -0.137. The average Bonchev–Trinajstić information content (AvgIpc) is 2.67. The van der Waals surface area contributed by atoms with Crippen LogP contribution in [0.3, 0.4) is 0 Å². The van der Waals surface area contributed by atoms with Crippen molar-refractivity contribution in [2.45, 2.75) is 12.7 Å². The fourth-order valence-corrected chi connectivity index (χ4v) is 2.42. The fraction of sp³-hybridized carbons (Fsp3) is 0.100. The molecule has 0 atom stereocenters. The van der Waals surface area contributed by atoms with Crippen LogP contribution in [0.15, 0.2) is 66.9 Å². The first-order valence-electron chi connectivity index (χ1n) is 8.24. The molecular formula is C20H15F4N3O. The van der Waals surface area contributed by atoms with Crippen LogP contribution in [-0.2, 0) is 12.7 Å². The highest BCUT2D eigenvalue weighted by molar-refractivity contribution is 5.93. The van der Waals surface area contributed by atoms with E-state index in [4.69, 9.17) is 0 Å². The SMILES string of the molecule is O=C(NCc1ccc(F)cc1)c1cc(Nc2ccc(C(F)(F)F)cc2)ccn1. The van der Waals surface area contributed by atoms with Crippen LogP contribution < -0.4 is 10.6 Å². The van der Waals surface area contributed by atoms with Gasteiger partial charge < -0.3 is 10.6 Å². The molecule has 0 spiro atoms.